The van der Waals surface area contributed by atoms with Crippen LogP contribution in [0.3, 0.4) is 0 Å². The Morgan fingerprint density at radius 3 is 2.50 bits per heavy atom. The van der Waals surface area contributed by atoms with Crippen molar-refractivity contribution in [1.29, 1.82) is 0 Å². The average Bonchev–Trinajstić information content (AvgIpc) is 1.80. The van der Waals surface area contributed by atoms with Gasteiger partial charge in [0.15, 0.2) is 0 Å². The molecule has 0 amide bonds. The fourth-order valence-electron chi connectivity index (χ4n) is 0.327. The van der Waals surface area contributed by atoms with Gasteiger partial charge in [-0.25, -0.2) is 0 Å². The quantitative estimate of drug-likeness (QED) is 0.376. The number of thiol groups is 1. The van der Waals surface area contributed by atoms with Crippen LogP contribution in [0.4, 0.5) is 0 Å². The third-order valence-corrected chi connectivity index (χ3v) is 0.992. The second-order valence-corrected chi connectivity index (χ2v) is 2.15. The standard InChI is InChI=1S/C5H10O3S.Na.H/c1-2-3-4-5-8-9(6)7;;/h4-5,9H,2-3H2,1H3;;. The van der Waals surface area contributed by atoms with Gasteiger partial charge in [0.25, 0.3) is 11.0 Å². The molecule has 0 heterocycles. The van der Waals surface area contributed by atoms with Crippen LogP contribution in [0.5, 0.6) is 0 Å². The predicted molar refractivity (Wildman–Crippen MR) is 42.6 cm³/mol. The number of hydrogen-bond acceptors (Lipinski definition) is 3. The summed E-state index contributed by atoms with van der Waals surface area (Å²) in [6, 6.07) is 0. The predicted octanol–water partition coefficient (Wildman–Crippen LogP) is 0.195. The molecule has 0 spiro atoms. The second kappa shape index (κ2) is 9.49. The molecule has 10 heavy (non-hydrogen) atoms. The van der Waals surface area contributed by atoms with Gasteiger partial charge in [-0.3, -0.25) is 0 Å². The fourth-order valence-corrected chi connectivity index (χ4v) is 0.513. The van der Waals surface area contributed by atoms with E-state index in [1.807, 2.05) is 6.92 Å². The molecular formula is C5H11NaO3S. The third kappa shape index (κ3) is 11.3. The van der Waals surface area contributed by atoms with Gasteiger partial charge >= 0.3 is 29.6 Å². The summed E-state index contributed by atoms with van der Waals surface area (Å²) < 4.78 is 23.6. The molecule has 0 atom stereocenters. The van der Waals surface area contributed by atoms with E-state index in [1.54, 1.807) is 6.08 Å². The maximum atomic E-state index is 9.73. The van der Waals surface area contributed by atoms with Crippen molar-refractivity contribution < 1.29 is 12.6 Å². The van der Waals surface area contributed by atoms with E-state index in [2.05, 4.69) is 4.18 Å². The molecule has 0 aliphatic heterocycles. The first kappa shape index (κ1) is 13.1. The Labute approximate surface area is 84.9 Å². The number of hydrogen-bond donors (Lipinski definition) is 1. The zero-order valence-corrected chi connectivity index (χ0v) is 6.14. The van der Waals surface area contributed by atoms with Gasteiger partial charge in [0.1, 0.15) is 6.26 Å². The zero-order valence-electron chi connectivity index (χ0n) is 5.24. The van der Waals surface area contributed by atoms with Crippen LogP contribution in [0.1, 0.15) is 19.8 Å². The molecule has 0 fully saturated rings. The summed E-state index contributed by atoms with van der Waals surface area (Å²) in [7, 11) is -2.70. The van der Waals surface area contributed by atoms with E-state index in [0.29, 0.717) is 0 Å². The van der Waals surface area contributed by atoms with Crippen molar-refractivity contribution in [1.82, 2.24) is 0 Å². The molecule has 0 bridgehead atoms. The van der Waals surface area contributed by atoms with Crippen LogP contribution in [-0.2, 0) is 15.2 Å². The van der Waals surface area contributed by atoms with Gasteiger partial charge in [0.05, 0.1) is 0 Å². The zero-order chi connectivity index (χ0) is 7.11. The Morgan fingerprint density at radius 2 is 2.10 bits per heavy atom. The van der Waals surface area contributed by atoms with Crippen molar-refractivity contribution in [2.75, 3.05) is 0 Å². The molecule has 0 aromatic rings. The molecule has 0 radical (unpaired) electrons. The Hall–Kier alpha value is 0.490. The SMILES string of the molecule is CCCC=CO[SH](=O)=O.[NaH]. The molecule has 0 N–H and O–H groups in total. The van der Waals surface area contributed by atoms with Gasteiger partial charge in [0, 0.05) is 0 Å². The second-order valence-electron chi connectivity index (χ2n) is 1.49. The first-order valence-corrected chi connectivity index (χ1v) is 3.83. The van der Waals surface area contributed by atoms with Gasteiger partial charge in [-0.2, -0.15) is 8.42 Å². The van der Waals surface area contributed by atoms with E-state index in [-0.39, 0.29) is 29.6 Å². The topological polar surface area (TPSA) is 43.4 Å². The molecule has 3 nitrogen and oxygen atoms in total. The van der Waals surface area contributed by atoms with Crippen molar-refractivity contribution in [3.05, 3.63) is 12.3 Å². The van der Waals surface area contributed by atoms with Gasteiger partial charge in [-0.15, -0.1) is 0 Å². The van der Waals surface area contributed by atoms with Gasteiger partial charge in [-0.1, -0.05) is 13.3 Å². The van der Waals surface area contributed by atoms with Gasteiger partial charge in [-0.05, 0) is 12.5 Å². The molecule has 0 saturated heterocycles. The summed E-state index contributed by atoms with van der Waals surface area (Å²) in [5, 5.41) is 0. The molecule has 56 valence electrons. The fraction of sp³-hybridized carbons (Fsp3) is 0.600. The van der Waals surface area contributed by atoms with Crippen molar-refractivity contribution >= 4 is 40.5 Å². The Morgan fingerprint density at radius 1 is 1.50 bits per heavy atom. The minimum atomic E-state index is -2.70. The van der Waals surface area contributed by atoms with Crippen molar-refractivity contribution in [3.8, 4) is 0 Å². The van der Waals surface area contributed by atoms with E-state index in [1.165, 1.54) is 6.26 Å². The van der Waals surface area contributed by atoms with Gasteiger partial charge in [0.2, 0.25) is 0 Å². The monoisotopic (exact) mass is 174 g/mol. The molecule has 0 aromatic carbocycles. The molecule has 0 saturated carbocycles. The summed E-state index contributed by atoms with van der Waals surface area (Å²) in [6.45, 7) is 2.00. The minimum absolute atomic E-state index is 0. The van der Waals surface area contributed by atoms with E-state index in [9.17, 15) is 8.42 Å². The van der Waals surface area contributed by atoms with E-state index in [4.69, 9.17) is 0 Å². The average molecular weight is 174 g/mol. The molecule has 5 heteroatoms. The maximum absolute atomic E-state index is 9.73. The van der Waals surface area contributed by atoms with Crippen LogP contribution < -0.4 is 0 Å². The van der Waals surface area contributed by atoms with Crippen molar-refractivity contribution in [3.63, 3.8) is 0 Å². The molecule has 0 unspecified atom stereocenters. The van der Waals surface area contributed by atoms with Crippen LogP contribution in [-0.4, -0.2) is 38.0 Å². The first-order chi connectivity index (χ1) is 4.27. The first-order valence-electron chi connectivity index (χ1n) is 2.73. The van der Waals surface area contributed by atoms with Crippen LogP contribution in [0, 0.1) is 0 Å². The summed E-state index contributed by atoms with van der Waals surface area (Å²) in [6.07, 6.45) is 4.71. The summed E-state index contributed by atoms with van der Waals surface area (Å²) in [4.78, 5) is 0. The van der Waals surface area contributed by atoms with E-state index >= 15 is 0 Å². The number of rotatable bonds is 4. The molecular weight excluding hydrogens is 163 g/mol. The van der Waals surface area contributed by atoms with Gasteiger partial charge < -0.3 is 4.18 Å². The van der Waals surface area contributed by atoms with Crippen LogP contribution in [0.15, 0.2) is 12.3 Å². The summed E-state index contributed by atoms with van der Waals surface area (Å²) in [5.41, 5.74) is 0. The van der Waals surface area contributed by atoms with Crippen molar-refractivity contribution in [2.24, 2.45) is 0 Å². The van der Waals surface area contributed by atoms with E-state index in [0.717, 1.165) is 12.8 Å². The molecule has 0 aliphatic carbocycles. The Balaban J connectivity index is 0. The number of allylic oxidation sites excluding steroid dienone is 1. The van der Waals surface area contributed by atoms with Crippen LogP contribution >= 0.6 is 0 Å². The molecule has 0 aromatic heterocycles. The van der Waals surface area contributed by atoms with Crippen LogP contribution in [0.25, 0.3) is 0 Å². The van der Waals surface area contributed by atoms with E-state index < -0.39 is 11.0 Å². The third-order valence-electron chi connectivity index (χ3n) is 0.698. The molecule has 0 aliphatic rings. The molecule has 0 rings (SSSR count). The summed E-state index contributed by atoms with van der Waals surface area (Å²) in [5.74, 6) is 0. The van der Waals surface area contributed by atoms with Crippen LogP contribution in [0.2, 0.25) is 0 Å². The Kier molecular flexibility index (Phi) is 12.4. The van der Waals surface area contributed by atoms with Crippen molar-refractivity contribution in [2.45, 2.75) is 19.8 Å². The summed E-state index contributed by atoms with van der Waals surface area (Å²) >= 11 is 0. The normalized spacial score (nSPS) is 9.80. The Bertz CT molecular complexity index is 145. The number of unbranched alkanes of at least 4 members (excludes halogenated alkanes) is 1.